The van der Waals surface area contributed by atoms with E-state index in [1.807, 2.05) is 42.5 Å². The molecule has 25 heteroatoms. The number of nitrogen functional groups attached to an aromatic ring is 2. The first-order chi connectivity index (χ1) is 37.7. The Morgan fingerprint density at radius 1 is 0.709 bits per heavy atom. The van der Waals surface area contributed by atoms with Gasteiger partial charge < -0.3 is 57.1 Å². The molecule has 9 N–H and O–H groups in total. The minimum absolute atomic E-state index is 0.0506. The molecule has 2 aromatic carbocycles. The zero-order chi connectivity index (χ0) is 57.8. The fourth-order valence-corrected chi connectivity index (χ4v) is 9.09. The lowest BCUT2D eigenvalue weighted by molar-refractivity contribution is -0.134. The van der Waals surface area contributed by atoms with E-state index in [9.17, 15) is 9.59 Å². The number of carboxylic acids is 1. The molecule has 0 fully saturated rings. The number of benzene rings is 2. The highest BCUT2D eigenvalue weighted by molar-refractivity contribution is 9.11. The van der Waals surface area contributed by atoms with Crippen LogP contribution in [0.4, 0.5) is 57.5 Å². The summed E-state index contributed by atoms with van der Waals surface area (Å²) >= 11 is 17.5. The van der Waals surface area contributed by atoms with E-state index in [-0.39, 0.29) is 17.1 Å². The molecule has 0 bridgehead atoms. The Bertz CT molecular complexity index is 3000. The first-order valence-corrected chi connectivity index (χ1v) is 28.0. The lowest BCUT2D eigenvalue weighted by Gasteiger charge is -2.29. The van der Waals surface area contributed by atoms with Gasteiger partial charge in [-0.1, -0.05) is 18.5 Å². The van der Waals surface area contributed by atoms with Gasteiger partial charge in [0.2, 0.25) is 23.0 Å². The Morgan fingerprint density at radius 3 is 1.78 bits per heavy atom. The van der Waals surface area contributed by atoms with Crippen LogP contribution in [0, 0.1) is 0 Å². The molecule has 0 radical (unpaired) electrons. The number of carbonyl (C=O) groups is 3. The smallest absolute Gasteiger partial charge is 0.300 e. The summed E-state index contributed by atoms with van der Waals surface area (Å²) in [5.74, 6) is 3.69. The van der Waals surface area contributed by atoms with Crippen molar-refractivity contribution in [2.24, 2.45) is 0 Å². The van der Waals surface area contributed by atoms with Crippen molar-refractivity contribution in [1.29, 1.82) is 0 Å². The molecular weight excluding hydrogens is 1190 g/mol. The van der Waals surface area contributed by atoms with Crippen molar-refractivity contribution in [3.05, 3.63) is 104 Å². The van der Waals surface area contributed by atoms with Crippen molar-refractivity contribution in [2.75, 3.05) is 88.5 Å². The first-order valence-electron chi connectivity index (χ1n) is 25.7. The van der Waals surface area contributed by atoms with Crippen LogP contribution in [0.25, 0.3) is 0 Å². The van der Waals surface area contributed by atoms with Crippen LogP contribution in [-0.2, 0) is 27.2 Å². The summed E-state index contributed by atoms with van der Waals surface area (Å²) in [5.41, 5.74) is 18.2. The Morgan fingerprint density at radius 2 is 1.25 bits per heavy atom. The Hall–Kier alpha value is -6.79. The fraction of sp³-hybridized carbons (Fsp3) is 0.389. The van der Waals surface area contributed by atoms with E-state index < -0.39 is 5.97 Å². The average molecular weight is 1250 g/mol. The SMILES string of the molecule is CC(=O)O.CCN(C(C)C)C(C)C.CCN1CCOc2cc(N)cnc21.CCN1CCOc2cc(Nc3nc(Nc4ccc5c(c4)CCC(=O)N5)ncc3Br)cnc21.Clc1ncc(Br)c(Cl)n1.Nc1ccc2c(c1)CCC(=O)N2. The highest BCUT2D eigenvalue weighted by Gasteiger charge is 2.21. The summed E-state index contributed by atoms with van der Waals surface area (Å²) in [6.45, 7) is 22.6. The number of carboxylic acid groups (broad SMARTS) is 1. The number of hydrogen-bond acceptors (Lipinski definition) is 18. The van der Waals surface area contributed by atoms with Crippen molar-refractivity contribution in [2.45, 2.75) is 93.2 Å². The number of anilines is 10. The summed E-state index contributed by atoms with van der Waals surface area (Å²) in [6.07, 6.45) is 9.20. The second-order valence-electron chi connectivity index (χ2n) is 18.3. The number of nitrogens with two attached hydrogens (primary N) is 2. The van der Waals surface area contributed by atoms with E-state index in [4.69, 9.17) is 54.0 Å². The molecule has 10 rings (SSSR count). The molecule has 0 atom stereocenters. The number of ether oxygens (including phenoxy) is 2. The lowest BCUT2D eigenvalue weighted by atomic mass is 10.0. The molecule has 79 heavy (non-hydrogen) atoms. The predicted molar refractivity (Wildman–Crippen MR) is 323 cm³/mol. The van der Waals surface area contributed by atoms with Gasteiger partial charge in [-0.2, -0.15) is 4.98 Å². The highest BCUT2D eigenvalue weighted by Crippen LogP contribution is 2.35. The van der Waals surface area contributed by atoms with Crippen molar-refractivity contribution in [1.82, 2.24) is 34.8 Å². The highest BCUT2D eigenvalue weighted by atomic mass is 79.9. The first kappa shape index (κ1) is 63.0. The largest absolute Gasteiger partial charge is 0.488 e. The molecule has 0 saturated heterocycles. The molecule has 0 spiro atoms. The van der Waals surface area contributed by atoms with E-state index in [1.54, 1.807) is 24.7 Å². The van der Waals surface area contributed by atoms with E-state index in [0.29, 0.717) is 71.6 Å². The second kappa shape index (κ2) is 31.1. The number of nitrogens with one attached hydrogen (secondary N) is 4. The average Bonchev–Trinajstić information content (AvgIpc) is 3.43. The molecule has 21 nitrogen and oxygen atoms in total. The van der Waals surface area contributed by atoms with Crippen LogP contribution in [0.2, 0.25) is 10.4 Å². The van der Waals surface area contributed by atoms with Gasteiger partial charge in [0, 0.05) is 92.2 Å². The molecule has 4 aliphatic rings. The van der Waals surface area contributed by atoms with Crippen LogP contribution in [0.3, 0.4) is 0 Å². The van der Waals surface area contributed by atoms with Crippen LogP contribution >= 0.6 is 55.1 Å². The number of aryl methyl sites for hydroxylation is 2. The molecular formula is C54H69Br2Cl2N15O6. The van der Waals surface area contributed by atoms with Crippen LogP contribution in [0.5, 0.6) is 11.5 Å². The van der Waals surface area contributed by atoms with Crippen LogP contribution < -0.4 is 52.0 Å². The standard InChI is InChI=1S/C22H22BrN7O2.C9H13N3O.C9H10N2O.C8H19N.C4HBrCl2N2.C2H4O2/c1-2-30-7-8-32-18-10-15(11-24-21(18)30)26-20-16(23)12-25-22(29-20)27-14-4-5-17-13(9-14)3-6-19(31)28-17;1-2-12-3-4-13-8-5-7(10)6-11-9(8)12;10-7-2-3-8-6(5-7)1-4-9(12)11-8;1-6-9(7(2)3)8(4)5;5-2-1-8-4(7)9-3(2)6;1-2(3)4/h4-5,9-12H,2-3,6-8H2,1H3,(H,28,31)(H2,25,26,27,29);5-6H,2-4,10H2,1H3;2-3,5H,1,4,10H2,(H,11,12);7-8H,6H2,1-5H3;1H;1H3,(H,3,4). The van der Waals surface area contributed by atoms with Crippen molar-refractivity contribution in [3.8, 4) is 11.5 Å². The maximum absolute atomic E-state index is 11.6. The van der Waals surface area contributed by atoms with Gasteiger partial charge in [0.1, 0.15) is 24.2 Å². The van der Waals surface area contributed by atoms with E-state index in [1.165, 1.54) is 6.20 Å². The van der Waals surface area contributed by atoms with Crippen molar-refractivity contribution >= 4 is 130 Å². The minimum Gasteiger partial charge on any atom is -0.488 e. The number of halogens is 4. The normalized spacial score (nSPS) is 13.5. The quantitative estimate of drug-likeness (QED) is 0.0402. The summed E-state index contributed by atoms with van der Waals surface area (Å²) in [4.78, 5) is 63.4. The number of hydrogen-bond donors (Lipinski definition) is 7. The monoisotopic (exact) mass is 1250 g/mol. The van der Waals surface area contributed by atoms with Gasteiger partial charge in [0.15, 0.2) is 23.1 Å². The van der Waals surface area contributed by atoms with Crippen LogP contribution in [0.1, 0.15) is 79.4 Å². The number of aromatic nitrogens is 6. The predicted octanol–water partition coefficient (Wildman–Crippen LogP) is 11.0. The number of nitrogens with zero attached hydrogens (tertiary/aromatic N) is 9. The van der Waals surface area contributed by atoms with Crippen molar-refractivity contribution in [3.63, 3.8) is 0 Å². The molecule has 2 amide bonds. The number of aliphatic carboxylic acids is 1. The molecule has 4 aromatic heterocycles. The molecule has 0 saturated carbocycles. The van der Waals surface area contributed by atoms with E-state index >= 15 is 0 Å². The number of likely N-dealkylation sites (N-methyl/N-ethyl adjacent to an activating group) is 2. The number of carbonyl (C=O) groups excluding carboxylic acids is 2. The van der Waals surface area contributed by atoms with Gasteiger partial charge in [-0.3, -0.25) is 19.3 Å². The summed E-state index contributed by atoms with van der Waals surface area (Å²) < 4.78 is 12.6. The van der Waals surface area contributed by atoms with E-state index in [2.05, 4.69) is 146 Å². The molecule has 6 aromatic rings. The number of amides is 2. The third-order valence-electron chi connectivity index (χ3n) is 11.9. The second-order valence-corrected chi connectivity index (χ2v) is 20.7. The minimum atomic E-state index is -0.833. The maximum Gasteiger partial charge on any atom is 0.300 e. The van der Waals surface area contributed by atoms with Gasteiger partial charge in [0.05, 0.1) is 45.8 Å². The number of rotatable bonds is 9. The number of fused-ring (bicyclic) bond motifs is 4. The zero-order valence-electron chi connectivity index (χ0n) is 45.5. The van der Waals surface area contributed by atoms with Gasteiger partial charge >= 0.3 is 0 Å². The van der Waals surface area contributed by atoms with Gasteiger partial charge in [-0.25, -0.2) is 24.9 Å². The molecule has 424 valence electrons. The molecule has 0 aliphatic carbocycles. The van der Waals surface area contributed by atoms with Crippen LogP contribution in [0.15, 0.2) is 82.3 Å². The zero-order valence-corrected chi connectivity index (χ0v) is 50.2. The summed E-state index contributed by atoms with van der Waals surface area (Å²) in [6, 6.07) is 16.5. The van der Waals surface area contributed by atoms with Crippen molar-refractivity contribution < 1.29 is 29.0 Å². The van der Waals surface area contributed by atoms with Gasteiger partial charge in [-0.05, 0) is 152 Å². The van der Waals surface area contributed by atoms with Crippen LogP contribution in [-0.4, -0.2) is 116 Å². The summed E-state index contributed by atoms with van der Waals surface area (Å²) in [7, 11) is 0. The third-order valence-corrected chi connectivity index (χ3v) is 13.8. The van der Waals surface area contributed by atoms with E-state index in [0.717, 1.165) is 113 Å². The Balaban J connectivity index is 0.000000201. The van der Waals surface area contributed by atoms with Gasteiger partial charge in [0.25, 0.3) is 5.97 Å². The lowest BCUT2D eigenvalue weighted by Crippen LogP contribution is -2.36. The Labute approximate surface area is 488 Å². The topological polar surface area (TPSA) is 277 Å². The third kappa shape index (κ3) is 19.8. The molecule has 4 aliphatic heterocycles. The number of pyridine rings is 2. The fourth-order valence-electron chi connectivity index (χ4n) is 8.30. The summed E-state index contributed by atoms with van der Waals surface area (Å²) in [5, 5.41) is 20.1. The molecule has 0 unspecified atom stereocenters. The Kier molecular flexibility index (Phi) is 24.8. The maximum atomic E-state index is 11.6. The molecule has 8 heterocycles. The van der Waals surface area contributed by atoms with Gasteiger partial charge in [-0.15, -0.1) is 0 Å².